The molecule has 2 aliphatic rings. The molecule has 170 valence electrons. The lowest BCUT2D eigenvalue weighted by Gasteiger charge is -2.31. The molecule has 2 amide bonds. The molecule has 8 nitrogen and oxygen atoms in total. The number of nitrogens with one attached hydrogen (secondary N) is 2. The number of carbonyl (C=O) groups is 2. The van der Waals surface area contributed by atoms with E-state index in [2.05, 4.69) is 17.6 Å². The summed E-state index contributed by atoms with van der Waals surface area (Å²) < 4.78 is 33.1. The first-order valence-electron chi connectivity index (χ1n) is 10.8. The molecule has 0 spiro atoms. The van der Waals surface area contributed by atoms with Crippen LogP contribution in [0.25, 0.3) is 0 Å². The van der Waals surface area contributed by atoms with Gasteiger partial charge in [0.1, 0.15) is 5.75 Å². The number of hydrogen-bond acceptors (Lipinski definition) is 5. The summed E-state index contributed by atoms with van der Waals surface area (Å²) in [5.41, 5.74) is 2.25. The van der Waals surface area contributed by atoms with E-state index in [4.69, 9.17) is 4.74 Å². The Hall–Kier alpha value is -2.91. The van der Waals surface area contributed by atoms with Crippen LogP contribution < -0.4 is 15.4 Å². The van der Waals surface area contributed by atoms with Gasteiger partial charge in [-0.25, -0.2) is 8.42 Å². The highest BCUT2D eigenvalue weighted by Crippen LogP contribution is 2.33. The van der Waals surface area contributed by atoms with Gasteiger partial charge in [-0.3, -0.25) is 9.59 Å². The normalized spacial score (nSPS) is 19.6. The number of carbonyl (C=O) groups excluding carboxylic acids is 2. The maximum absolute atomic E-state index is 13.1. The van der Waals surface area contributed by atoms with Crippen LogP contribution in [0.2, 0.25) is 0 Å². The third-order valence-corrected chi connectivity index (χ3v) is 7.84. The van der Waals surface area contributed by atoms with Crippen LogP contribution in [-0.2, 0) is 26.0 Å². The Morgan fingerprint density at radius 1 is 1.19 bits per heavy atom. The lowest BCUT2D eigenvalue weighted by molar-refractivity contribution is -0.123. The number of benzene rings is 2. The van der Waals surface area contributed by atoms with E-state index in [-0.39, 0.29) is 35.7 Å². The highest BCUT2D eigenvalue weighted by Gasteiger charge is 2.33. The number of anilines is 2. The van der Waals surface area contributed by atoms with Gasteiger partial charge in [0.15, 0.2) is 6.10 Å². The van der Waals surface area contributed by atoms with E-state index in [9.17, 15) is 18.0 Å². The molecule has 4 rings (SSSR count). The van der Waals surface area contributed by atoms with Crippen molar-refractivity contribution in [1.29, 1.82) is 0 Å². The number of hydrogen-bond donors (Lipinski definition) is 2. The maximum Gasteiger partial charge on any atom is 0.265 e. The number of fused-ring (bicyclic) bond motifs is 1. The van der Waals surface area contributed by atoms with Crippen molar-refractivity contribution in [3.05, 3.63) is 48.0 Å². The van der Waals surface area contributed by atoms with Gasteiger partial charge >= 0.3 is 0 Å². The van der Waals surface area contributed by atoms with Crippen molar-refractivity contribution >= 4 is 33.2 Å². The summed E-state index contributed by atoms with van der Waals surface area (Å²) in [6.07, 6.45) is 1.15. The summed E-state index contributed by atoms with van der Waals surface area (Å²) in [7, 11) is -3.75. The zero-order valence-corrected chi connectivity index (χ0v) is 18.9. The molecule has 0 aromatic heterocycles. The summed E-state index contributed by atoms with van der Waals surface area (Å²) in [6.45, 7) is 4.20. The molecular weight excluding hydrogens is 430 g/mol. The SMILES string of the molecule is CCc1cccc(NC(=O)C2CCN(S(=O)(=O)c3ccc4c(c3)NC(=O)[C@@H](C)O4)CC2)c1. The minimum atomic E-state index is -3.75. The molecule has 1 fully saturated rings. The molecule has 32 heavy (non-hydrogen) atoms. The van der Waals surface area contributed by atoms with Gasteiger partial charge in [-0.05, 0) is 62.1 Å². The van der Waals surface area contributed by atoms with Gasteiger partial charge in [0.25, 0.3) is 5.91 Å². The lowest BCUT2D eigenvalue weighted by atomic mass is 9.97. The van der Waals surface area contributed by atoms with Crippen LogP contribution in [0, 0.1) is 5.92 Å². The predicted molar refractivity (Wildman–Crippen MR) is 121 cm³/mol. The summed E-state index contributed by atoms with van der Waals surface area (Å²) in [4.78, 5) is 24.6. The number of nitrogens with zero attached hydrogens (tertiary/aromatic N) is 1. The molecule has 2 aliphatic heterocycles. The topological polar surface area (TPSA) is 105 Å². The highest BCUT2D eigenvalue weighted by atomic mass is 32.2. The van der Waals surface area contributed by atoms with Gasteiger partial charge in [-0.1, -0.05) is 19.1 Å². The molecule has 0 saturated carbocycles. The van der Waals surface area contributed by atoms with E-state index < -0.39 is 16.1 Å². The first-order chi connectivity index (χ1) is 15.3. The van der Waals surface area contributed by atoms with Crippen molar-refractivity contribution in [3.8, 4) is 5.75 Å². The number of sulfonamides is 1. The number of aryl methyl sites for hydroxylation is 1. The molecule has 0 aliphatic carbocycles. The maximum atomic E-state index is 13.1. The lowest BCUT2D eigenvalue weighted by Crippen LogP contribution is -2.41. The number of ether oxygens (including phenoxy) is 1. The zero-order valence-electron chi connectivity index (χ0n) is 18.1. The molecule has 2 aromatic rings. The monoisotopic (exact) mass is 457 g/mol. The molecule has 0 radical (unpaired) electrons. The van der Waals surface area contributed by atoms with E-state index in [0.717, 1.165) is 17.7 Å². The molecular formula is C23H27N3O5S. The van der Waals surface area contributed by atoms with Crippen LogP contribution >= 0.6 is 0 Å². The molecule has 2 aromatic carbocycles. The van der Waals surface area contributed by atoms with Crippen LogP contribution in [0.3, 0.4) is 0 Å². The van der Waals surface area contributed by atoms with Crippen LogP contribution in [-0.4, -0.2) is 43.7 Å². The van der Waals surface area contributed by atoms with E-state index >= 15 is 0 Å². The number of amides is 2. The van der Waals surface area contributed by atoms with Crippen molar-refractivity contribution in [1.82, 2.24) is 4.31 Å². The van der Waals surface area contributed by atoms with E-state index in [1.165, 1.54) is 16.4 Å². The smallest absolute Gasteiger partial charge is 0.265 e. The Kier molecular flexibility index (Phi) is 6.21. The van der Waals surface area contributed by atoms with E-state index in [1.54, 1.807) is 13.0 Å². The van der Waals surface area contributed by atoms with Gasteiger partial charge < -0.3 is 15.4 Å². The van der Waals surface area contributed by atoms with E-state index in [0.29, 0.717) is 24.3 Å². The Morgan fingerprint density at radius 2 is 1.94 bits per heavy atom. The third kappa shape index (κ3) is 4.49. The van der Waals surface area contributed by atoms with Gasteiger partial charge in [-0.15, -0.1) is 0 Å². The van der Waals surface area contributed by atoms with Crippen LogP contribution in [0.4, 0.5) is 11.4 Å². The standard InChI is InChI=1S/C23H27N3O5S/c1-3-16-5-4-6-18(13-16)24-23(28)17-9-11-26(12-10-17)32(29,30)19-7-8-21-20(14-19)25-22(27)15(2)31-21/h4-8,13-15,17H,3,9-12H2,1-2H3,(H,24,28)(H,25,27)/t15-/m1/s1. The second kappa shape index (κ2) is 8.91. The van der Waals surface area contributed by atoms with Crippen LogP contribution in [0.5, 0.6) is 5.75 Å². The molecule has 2 heterocycles. The number of piperidine rings is 1. The van der Waals surface area contributed by atoms with Crippen molar-refractivity contribution in [2.45, 2.75) is 44.1 Å². The van der Waals surface area contributed by atoms with Crippen LogP contribution in [0.1, 0.15) is 32.3 Å². The van der Waals surface area contributed by atoms with Crippen molar-refractivity contribution in [2.24, 2.45) is 5.92 Å². The third-order valence-electron chi connectivity index (χ3n) is 5.95. The Bertz CT molecular complexity index is 1140. The predicted octanol–water partition coefficient (Wildman–Crippen LogP) is 3.01. The first kappa shape index (κ1) is 22.3. The summed E-state index contributed by atoms with van der Waals surface area (Å²) >= 11 is 0. The molecule has 1 saturated heterocycles. The summed E-state index contributed by atoms with van der Waals surface area (Å²) in [6, 6.07) is 12.2. The minimum Gasteiger partial charge on any atom is -0.479 e. The van der Waals surface area contributed by atoms with Crippen LogP contribution in [0.15, 0.2) is 47.4 Å². The molecule has 0 bridgehead atoms. The zero-order chi connectivity index (χ0) is 22.9. The largest absolute Gasteiger partial charge is 0.479 e. The molecule has 1 atom stereocenters. The minimum absolute atomic E-state index is 0.0851. The first-order valence-corrected chi connectivity index (χ1v) is 12.2. The quantitative estimate of drug-likeness (QED) is 0.718. The Balaban J connectivity index is 1.40. The number of rotatable bonds is 5. The fourth-order valence-corrected chi connectivity index (χ4v) is 5.47. The van der Waals surface area contributed by atoms with Gasteiger partial charge in [0, 0.05) is 24.7 Å². The summed E-state index contributed by atoms with van der Waals surface area (Å²) in [5.74, 6) is -0.204. The second-order valence-corrected chi connectivity index (χ2v) is 10.1. The van der Waals surface area contributed by atoms with Gasteiger partial charge in [0.2, 0.25) is 15.9 Å². The molecule has 2 N–H and O–H groups in total. The van der Waals surface area contributed by atoms with Gasteiger partial charge in [0.05, 0.1) is 10.6 Å². The molecule has 9 heteroatoms. The van der Waals surface area contributed by atoms with Gasteiger partial charge in [-0.2, -0.15) is 4.31 Å². The summed E-state index contributed by atoms with van der Waals surface area (Å²) in [5, 5.41) is 5.63. The van der Waals surface area contributed by atoms with Crippen molar-refractivity contribution in [2.75, 3.05) is 23.7 Å². The second-order valence-electron chi connectivity index (χ2n) is 8.13. The Labute approximate surface area is 188 Å². The Morgan fingerprint density at radius 3 is 2.66 bits per heavy atom. The fraction of sp³-hybridized carbons (Fsp3) is 0.391. The fourth-order valence-electron chi connectivity index (χ4n) is 3.97. The van der Waals surface area contributed by atoms with E-state index in [1.807, 2.05) is 24.3 Å². The average molecular weight is 458 g/mol. The van der Waals surface area contributed by atoms with Crippen molar-refractivity contribution < 1.29 is 22.7 Å². The average Bonchev–Trinajstić information content (AvgIpc) is 2.79. The van der Waals surface area contributed by atoms with Crippen molar-refractivity contribution in [3.63, 3.8) is 0 Å². The molecule has 0 unspecified atom stereocenters. The highest BCUT2D eigenvalue weighted by molar-refractivity contribution is 7.89.